The Bertz CT molecular complexity index is 570. The molecule has 0 aromatic heterocycles. The Morgan fingerprint density at radius 1 is 1.35 bits per heavy atom. The lowest BCUT2D eigenvalue weighted by Gasteiger charge is -2.38. The number of rotatable bonds is 2. The summed E-state index contributed by atoms with van der Waals surface area (Å²) in [5.74, 6) is -1.91. The number of halogens is 2. The van der Waals surface area contributed by atoms with Crippen molar-refractivity contribution in [2.75, 3.05) is 7.11 Å². The maximum atomic E-state index is 12.6. The van der Waals surface area contributed by atoms with Crippen molar-refractivity contribution < 1.29 is 19.1 Å². The van der Waals surface area contributed by atoms with E-state index >= 15 is 0 Å². The zero-order valence-electron chi connectivity index (χ0n) is 11.3. The first-order valence-corrected chi connectivity index (χ1v) is 7.18. The highest BCUT2D eigenvalue weighted by Crippen LogP contribution is 2.40. The number of cyclic esters (lactones) is 1. The lowest BCUT2D eigenvalue weighted by molar-refractivity contribution is -0.212. The maximum Gasteiger partial charge on any atom is 0.323 e. The number of methoxy groups -OCH3 is 1. The first-order chi connectivity index (χ1) is 9.28. The molecule has 0 saturated carbocycles. The van der Waals surface area contributed by atoms with Gasteiger partial charge >= 0.3 is 5.97 Å². The number of carbonyl (C=O) groups is 2. The fourth-order valence-electron chi connectivity index (χ4n) is 2.26. The molecule has 0 bridgehead atoms. The van der Waals surface area contributed by atoms with Gasteiger partial charge in [-0.15, -0.1) is 0 Å². The van der Waals surface area contributed by atoms with Crippen molar-refractivity contribution in [3.63, 3.8) is 0 Å². The van der Waals surface area contributed by atoms with E-state index < -0.39 is 23.6 Å². The van der Waals surface area contributed by atoms with Gasteiger partial charge in [-0.05, 0) is 31.5 Å². The maximum absolute atomic E-state index is 12.6. The Labute approximate surface area is 130 Å². The Morgan fingerprint density at radius 2 is 2.00 bits per heavy atom. The molecule has 0 radical (unpaired) electrons. The Morgan fingerprint density at radius 3 is 2.55 bits per heavy atom. The summed E-state index contributed by atoms with van der Waals surface area (Å²) in [6.07, 6.45) is -0.882. The molecule has 2 unspecified atom stereocenters. The average Bonchev–Trinajstić information content (AvgIpc) is 2.36. The van der Waals surface area contributed by atoms with E-state index in [1.165, 1.54) is 7.11 Å². The summed E-state index contributed by atoms with van der Waals surface area (Å²) in [6.45, 7) is 3.38. The summed E-state index contributed by atoms with van der Waals surface area (Å²) in [6, 6.07) is 5.03. The fraction of sp³-hybridized carbons (Fsp3) is 0.429. The topological polar surface area (TPSA) is 52.6 Å². The zero-order chi connectivity index (χ0) is 15.1. The van der Waals surface area contributed by atoms with E-state index in [0.29, 0.717) is 10.6 Å². The fourth-order valence-corrected chi connectivity index (χ4v) is 3.05. The predicted molar refractivity (Wildman–Crippen MR) is 77.6 cm³/mol. The van der Waals surface area contributed by atoms with Gasteiger partial charge in [0.1, 0.15) is 5.92 Å². The van der Waals surface area contributed by atoms with Crippen LogP contribution in [-0.2, 0) is 19.1 Å². The van der Waals surface area contributed by atoms with E-state index in [4.69, 9.17) is 21.1 Å². The number of ether oxygens (including phenoxy) is 2. The summed E-state index contributed by atoms with van der Waals surface area (Å²) in [4.78, 5) is 24.7. The van der Waals surface area contributed by atoms with Crippen LogP contribution in [0.25, 0.3) is 0 Å². The third-order valence-corrected chi connectivity index (χ3v) is 4.25. The number of ketones is 1. The van der Waals surface area contributed by atoms with Gasteiger partial charge in [0.2, 0.25) is 6.29 Å². The second-order valence-electron chi connectivity index (χ2n) is 5.19. The molecule has 1 fully saturated rings. The van der Waals surface area contributed by atoms with Crippen LogP contribution in [-0.4, -0.2) is 25.2 Å². The summed E-state index contributed by atoms with van der Waals surface area (Å²) >= 11 is 9.42. The van der Waals surface area contributed by atoms with Crippen LogP contribution in [0.5, 0.6) is 0 Å². The lowest BCUT2D eigenvalue weighted by atomic mass is 9.76. The molecular weight excluding hydrogens is 348 g/mol. The summed E-state index contributed by atoms with van der Waals surface area (Å²) in [7, 11) is 1.40. The minimum atomic E-state index is -1.02. The van der Waals surface area contributed by atoms with E-state index in [-0.39, 0.29) is 5.78 Å². The molecule has 1 aromatic rings. The Hall–Kier alpha value is -0.910. The Balaban J connectivity index is 2.46. The Kier molecular flexibility index (Phi) is 4.23. The molecule has 0 spiro atoms. The molecule has 108 valence electrons. The van der Waals surface area contributed by atoms with Gasteiger partial charge in [0.05, 0.1) is 5.41 Å². The summed E-state index contributed by atoms with van der Waals surface area (Å²) < 4.78 is 11.1. The molecule has 1 aromatic carbocycles. The van der Waals surface area contributed by atoms with Crippen LogP contribution < -0.4 is 0 Å². The van der Waals surface area contributed by atoms with E-state index in [1.54, 1.807) is 32.0 Å². The van der Waals surface area contributed by atoms with Gasteiger partial charge < -0.3 is 9.47 Å². The smallest absolute Gasteiger partial charge is 0.323 e. The highest BCUT2D eigenvalue weighted by molar-refractivity contribution is 9.10. The second kappa shape index (κ2) is 5.47. The van der Waals surface area contributed by atoms with Crippen LogP contribution in [0.1, 0.15) is 25.3 Å². The standard InChI is InChI=1S/C14H14BrClO4/c1-14(2)11(17)10(12(18)20-13(14)19-3)8-5-4-7(15)6-9(8)16/h4-6,10,13H,1-3H3. The largest absolute Gasteiger partial charge is 0.434 e. The van der Waals surface area contributed by atoms with Gasteiger partial charge in [-0.1, -0.05) is 33.6 Å². The third-order valence-electron chi connectivity index (χ3n) is 3.43. The van der Waals surface area contributed by atoms with Crippen LogP contribution in [0.3, 0.4) is 0 Å². The number of hydrogen-bond acceptors (Lipinski definition) is 4. The molecule has 1 aliphatic rings. The normalized spacial score (nSPS) is 25.4. The number of esters is 1. The molecule has 0 N–H and O–H groups in total. The molecule has 1 heterocycles. The van der Waals surface area contributed by atoms with Crippen LogP contribution in [0.15, 0.2) is 22.7 Å². The lowest BCUT2D eigenvalue weighted by Crippen LogP contribution is -2.51. The first kappa shape index (κ1) is 15.5. The number of carbonyl (C=O) groups excluding carboxylic acids is 2. The van der Waals surface area contributed by atoms with E-state index in [2.05, 4.69) is 15.9 Å². The molecule has 1 saturated heterocycles. The molecule has 20 heavy (non-hydrogen) atoms. The molecular formula is C14H14BrClO4. The van der Waals surface area contributed by atoms with E-state index in [1.807, 2.05) is 0 Å². The predicted octanol–water partition coefficient (Wildman–Crippen LogP) is 3.31. The van der Waals surface area contributed by atoms with Gasteiger partial charge in [0.25, 0.3) is 0 Å². The van der Waals surface area contributed by atoms with Crippen molar-refractivity contribution >= 4 is 39.3 Å². The van der Waals surface area contributed by atoms with Gasteiger partial charge in [-0.2, -0.15) is 0 Å². The van der Waals surface area contributed by atoms with Gasteiger partial charge in [0.15, 0.2) is 5.78 Å². The molecule has 1 aliphatic heterocycles. The van der Waals surface area contributed by atoms with Crippen molar-refractivity contribution in [1.82, 2.24) is 0 Å². The number of benzene rings is 1. The van der Waals surface area contributed by atoms with Crippen molar-refractivity contribution in [1.29, 1.82) is 0 Å². The zero-order valence-corrected chi connectivity index (χ0v) is 13.6. The first-order valence-electron chi connectivity index (χ1n) is 6.01. The van der Waals surface area contributed by atoms with Crippen LogP contribution in [0, 0.1) is 5.41 Å². The summed E-state index contributed by atoms with van der Waals surface area (Å²) in [5.41, 5.74) is -0.475. The number of Topliss-reactive ketones (excluding diaryl/α,β-unsaturated/α-hetero) is 1. The quantitative estimate of drug-likeness (QED) is 0.599. The minimum Gasteiger partial charge on any atom is -0.434 e. The highest BCUT2D eigenvalue weighted by Gasteiger charge is 2.52. The van der Waals surface area contributed by atoms with Crippen LogP contribution in [0.2, 0.25) is 5.02 Å². The molecule has 2 atom stereocenters. The van der Waals surface area contributed by atoms with Crippen molar-refractivity contribution in [3.8, 4) is 0 Å². The average molecular weight is 362 g/mol. The van der Waals surface area contributed by atoms with Gasteiger partial charge in [-0.25, -0.2) is 0 Å². The van der Waals surface area contributed by atoms with E-state index in [9.17, 15) is 9.59 Å². The monoisotopic (exact) mass is 360 g/mol. The molecule has 0 amide bonds. The summed E-state index contributed by atoms with van der Waals surface area (Å²) in [5, 5.41) is 0.348. The van der Waals surface area contributed by atoms with Gasteiger partial charge in [0, 0.05) is 16.6 Å². The van der Waals surface area contributed by atoms with Crippen LogP contribution >= 0.6 is 27.5 Å². The molecule has 0 aliphatic carbocycles. The molecule has 4 nitrogen and oxygen atoms in total. The van der Waals surface area contributed by atoms with Gasteiger partial charge in [-0.3, -0.25) is 9.59 Å². The van der Waals surface area contributed by atoms with E-state index in [0.717, 1.165) is 4.47 Å². The highest BCUT2D eigenvalue weighted by atomic mass is 79.9. The molecule has 6 heteroatoms. The third kappa shape index (κ3) is 2.50. The SMILES string of the molecule is COC1OC(=O)C(c2ccc(Br)cc2Cl)C(=O)C1(C)C. The molecule has 2 rings (SSSR count). The minimum absolute atomic E-state index is 0.259. The number of hydrogen-bond donors (Lipinski definition) is 0. The van der Waals surface area contributed by atoms with Crippen LogP contribution in [0.4, 0.5) is 0 Å². The van der Waals surface area contributed by atoms with Crippen molar-refractivity contribution in [2.45, 2.75) is 26.1 Å². The second-order valence-corrected chi connectivity index (χ2v) is 6.51. The van der Waals surface area contributed by atoms with Crippen molar-refractivity contribution in [2.24, 2.45) is 5.41 Å². The van der Waals surface area contributed by atoms with Crippen molar-refractivity contribution in [3.05, 3.63) is 33.3 Å².